The lowest BCUT2D eigenvalue weighted by atomic mass is 9.68. The molecule has 0 N–H and O–H groups in total. The van der Waals surface area contributed by atoms with Crippen molar-refractivity contribution >= 4 is 5.97 Å². The number of methoxy groups -OCH3 is 2. The lowest BCUT2D eigenvalue weighted by Crippen LogP contribution is -2.43. The standard InChI is InChI=1S/C23H33NO4/c1-6-16(2)13-22(25)28-18-9-10-23(11-12-24(3)21(23)15-18)17-7-8-19(26-4)20(14-17)27-5/h7-9,14,16,21H,6,10-13,15H2,1-5H3/t16?,21-,23-/m0/s1. The molecule has 0 saturated carbocycles. The van der Waals surface area contributed by atoms with Crippen LogP contribution in [0.25, 0.3) is 0 Å². The van der Waals surface area contributed by atoms with E-state index in [9.17, 15) is 4.79 Å². The number of fused-ring (bicyclic) bond motifs is 1. The molecule has 154 valence electrons. The van der Waals surface area contributed by atoms with E-state index in [2.05, 4.69) is 44.0 Å². The van der Waals surface area contributed by atoms with Crippen LogP contribution in [-0.2, 0) is 14.9 Å². The molecule has 0 bridgehead atoms. The summed E-state index contributed by atoms with van der Waals surface area (Å²) in [5.41, 5.74) is 1.28. The molecule has 1 aromatic rings. The van der Waals surface area contributed by atoms with Crippen LogP contribution in [0, 0.1) is 5.92 Å². The van der Waals surface area contributed by atoms with Crippen LogP contribution in [0.5, 0.6) is 11.5 Å². The van der Waals surface area contributed by atoms with E-state index in [4.69, 9.17) is 14.2 Å². The van der Waals surface area contributed by atoms with Crippen molar-refractivity contribution in [1.82, 2.24) is 4.90 Å². The monoisotopic (exact) mass is 387 g/mol. The summed E-state index contributed by atoms with van der Waals surface area (Å²) in [6, 6.07) is 6.56. The molecule has 1 unspecified atom stereocenters. The molecule has 5 nitrogen and oxygen atoms in total. The van der Waals surface area contributed by atoms with E-state index in [1.807, 2.05) is 6.07 Å². The fraction of sp³-hybridized carbons (Fsp3) is 0.609. The van der Waals surface area contributed by atoms with Crippen molar-refractivity contribution in [3.05, 3.63) is 35.6 Å². The van der Waals surface area contributed by atoms with Crippen LogP contribution in [0.4, 0.5) is 0 Å². The molecule has 0 spiro atoms. The molecule has 1 heterocycles. The third-order valence-corrected chi connectivity index (χ3v) is 6.58. The second-order valence-corrected chi connectivity index (χ2v) is 8.24. The normalized spacial score (nSPS) is 25.6. The van der Waals surface area contributed by atoms with Crippen LogP contribution < -0.4 is 9.47 Å². The van der Waals surface area contributed by atoms with E-state index in [-0.39, 0.29) is 11.4 Å². The van der Waals surface area contributed by atoms with Crippen molar-refractivity contribution < 1.29 is 19.0 Å². The van der Waals surface area contributed by atoms with Gasteiger partial charge >= 0.3 is 5.97 Å². The first-order chi connectivity index (χ1) is 13.4. The van der Waals surface area contributed by atoms with Crippen molar-refractivity contribution in [2.24, 2.45) is 5.92 Å². The van der Waals surface area contributed by atoms with Crippen molar-refractivity contribution in [1.29, 1.82) is 0 Å². The fourth-order valence-corrected chi connectivity index (χ4v) is 4.58. The highest BCUT2D eigenvalue weighted by molar-refractivity contribution is 5.71. The van der Waals surface area contributed by atoms with Crippen LogP contribution >= 0.6 is 0 Å². The Labute approximate surface area is 168 Å². The Hall–Kier alpha value is -2.01. The molecule has 1 aliphatic carbocycles. The molecule has 1 aromatic carbocycles. The number of carbonyl (C=O) groups is 1. The van der Waals surface area contributed by atoms with Gasteiger partial charge in [-0.05, 0) is 56.1 Å². The van der Waals surface area contributed by atoms with Gasteiger partial charge in [0.05, 0.1) is 14.2 Å². The molecular weight excluding hydrogens is 354 g/mol. The summed E-state index contributed by atoms with van der Waals surface area (Å²) in [7, 11) is 5.50. The minimum Gasteiger partial charge on any atom is -0.493 e. The highest BCUT2D eigenvalue weighted by atomic mass is 16.5. The van der Waals surface area contributed by atoms with E-state index in [1.54, 1.807) is 14.2 Å². The number of nitrogens with zero attached hydrogens (tertiary/aromatic N) is 1. The van der Waals surface area contributed by atoms with Gasteiger partial charge in [-0.2, -0.15) is 0 Å². The molecular formula is C23H33NO4. The number of rotatable bonds is 7. The lowest BCUT2D eigenvalue weighted by Gasteiger charge is -2.40. The molecule has 28 heavy (non-hydrogen) atoms. The number of hydrogen-bond donors (Lipinski definition) is 0. The van der Waals surface area contributed by atoms with E-state index < -0.39 is 0 Å². The summed E-state index contributed by atoms with van der Waals surface area (Å²) in [6.07, 6.45) is 6.30. The van der Waals surface area contributed by atoms with Crippen molar-refractivity contribution in [2.45, 2.75) is 57.4 Å². The van der Waals surface area contributed by atoms with Gasteiger partial charge in [-0.3, -0.25) is 4.79 Å². The first-order valence-corrected chi connectivity index (χ1v) is 10.3. The first-order valence-electron chi connectivity index (χ1n) is 10.3. The highest BCUT2D eigenvalue weighted by Crippen LogP contribution is 2.49. The Morgan fingerprint density at radius 1 is 1.29 bits per heavy atom. The maximum absolute atomic E-state index is 12.3. The molecule has 1 aliphatic heterocycles. The van der Waals surface area contributed by atoms with Crippen molar-refractivity contribution in [2.75, 3.05) is 27.8 Å². The number of ether oxygens (including phenoxy) is 3. The molecule has 2 aliphatic rings. The number of likely N-dealkylation sites (N-methyl/N-ethyl adjacent to an activating group) is 1. The zero-order valence-corrected chi connectivity index (χ0v) is 17.8. The predicted molar refractivity (Wildman–Crippen MR) is 110 cm³/mol. The van der Waals surface area contributed by atoms with Crippen LogP contribution in [0.2, 0.25) is 0 Å². The highest BCUT2D eigenvalue weighted by Gasteiger charge is 2.49. The van der Waals surface area contributed by atoms with E-state index in [0.717, 1.165) is 49.5 Å². The predicted octanol–water partition coefficient (Wildman–Crippen LogP) is 4.30. The number of benzene rings is 1. The molecule has 3 atom stereocenters. The number of likely N-dealkylation sites (tertiary alicyclic amines) is 1. The second kappa shape index (κ2) is 8.56. The zero-order valence-electron chi connectivity index (χ0n) is 17.8. The van der Waals surface area contributed by atoms with E-state index in [0.29, 0.717) is 18.4 Å². The maximum atomic E-state index is 12.3. The van der Waals surface area contributed by atoms with E-state index in [1.165, 1.54) is 5.56 Å². The summed E-state index contributed by atoms with van der Waals surface area (Å²) >= 11 is 0. The average Bonchev–Trinajstić information content (AvgIpc) is 3.04. The Balaban J connectivity index is 1.84. The topological polar surface area (TPSA) is 48.0 Å². The van der Waals surface area contributed by atoms with Crippen molar-refractivity contribution in [3.8, 4) is 11.5 Å². The molecule has 5 heteroatoms. The Kier molecular flexibility index (Phi) is 6.33. The summed E-state index contributed by atoms with van der Waals surface area (Å²) in [5.74, 6) is 2.58. The van der Waals surface area contributed by atoms with Gasteiger partial charge in [0.15, 0.2) is 11.5 Å². The van der Waals surface area contributed by atoms with Gasteiger partial charge in [0.25, 0.3) is 0 Å². The molecule has 1 fully saturated rings. The minimum atomic E-state index is -0.111. The first kappa shape index (κ1) is 20.7. The molecule has 3 rings (SSSR count). The van der Waals surface area contributed by atoms with E-state index >= 15 is 0 Å². The van der Waals surface area contributed by atoms with Gasteiger partial charge in [0.2, 0.25) is 0 Å². The average molecular weight is 388 g/mol. The summed E-state index contributed by atoms with van der Waals surface area (Å²) < 4.78 is 16.7. The number of esters is 1. The molecule has 0 aromatic heterocycles. The molecule has 0 radical (unpaired) electrons. The minimum absolute atomic E-state index is 0.0148. The SMILES string of the molecule is CCC(C)CC(=O)OC1=CC[C@@]2(c3ccc(OC)c(OC)c3)CCN(C)[C@H]2C1. The Morgan fingerprint density at radius 2 is 2.04 bits per heavy atom. The summed E-state index contributed by atoms with van der Waals surface area (Å²) in [4.78, 5) is 14.6. The third-order valence-electron chi connectivity index (χ3n) is 6.58. The molecule has 0 amide bonds. The zero-order chi connectivity index (χ0) is 20.3. The van der Waals surface area contributed by atoms with Crippen LogP contribution in [0.15, 0.2) is 30.0 Å². The Morgan fingerprint density at radius 3 is 2.71 bits per heavy atom. The van der Waals surface area contributed by atoms with Gasteiger partial charge in [0.1, 0.15) is 5.76 Å². The van der Waals surface area contributed by atoms with Gasteiger partial charge in [-0.15, -0.1) is 0 Å². The largest absolute Gasteiger partial charge is 0.493 e. The number of allylic oxidation sites excluding steroid dienone is 1. The van der Waals surface area contributed by atoms with Gasteiger partial charge in [-0.25, -0.2) is 0 Å². The Bertz CT molecular complexity index is 744. The second-order valence-electron chi connectivity index (χ2n) is 8.24. The van der Waals surface area contributed by atoms with Gasteiger partial charge < -0.3 is 19.1 Å². The quantitative estimate of drug-likeness (QED) is 0.653. The van der Waals surface area contributed by atoms with Crippen molar-refractivity contribution in [3.63, 3.8) is 0 Å². The fourth-order valence-electron chi connectivity index (χ4n) is 4.58. The lowest BCUT2D eigenvalue weighted by molar-refractivity contribution is -0.141. The van der Waals surface area contributed by atoms with Crippen LogP contribution in [0.1, 0.15) is 51.5 Å². The summed E-state index contributed by atoms with van der Waals surface area (Å²) in [6.45, 7) is 5.22. The number of hydrogen-bond acceptors (Lipinski definition) is 5. The van der Waals surface area contributed by atoms with Gasteiger partial charge in [0, 0.05) is 24.3 Å². The van der Waals surface area contributed by atoms with Crippen LogP contribution in [-0.4, -0.2) is 44.7 Å². The molecule has 1 saturated heterocycles. The third kappa shape index (κ3) is 3.90. The smallest absolute Gasteiger partial charge is 0.311 e. The van der Waals surface area contributed by atoms with Crippen LogP contribution in [0.3, 0.4) is 0 Å². The number of carbonyl (C=O) groups excluding carboxylic acids is 1. The summed E-state index contributed by atoms with van der Waals surface area (Å²) in [5, 5.41) is 0. The maximum Gasteiger partial charge on any atom is 0.311 e. The van der Waals surface area contributed by atoms with Gasteiger partial charge in [-0.1, -0.05) is 26.3 Å².